The molecule has 6 nitrogen and oxygen atoms in total. The summed E-state index contributed by atoms with van der Waals surface area (Å²) >= 11 is 0. The molecule has 0 fully saturated rings. The number of aromatic nitrogens is 2. The van der Waals surface area contributed by atoms with Gasteiger partial charge in [-0.15, -0.1) is 5.10 Å². The summed E-state index contributed by atoms with van der Waals surface area (Å²) in [5, 5.41) is 20.7. The monoisotopic (exact) mass is 386 g/mol. The molecule has 0 unspecified atom stereocenters. The molecule has 0 aliphatic carbocycles. The number of aryl methyl sites for hydroxylation is 2. The highest BCUT2D eigenvalue weighted by atomic mass is 16.5. The first-order valence-corrected chi connectivity index (χ1v) is 9.50. The number of hydrogen-bond donors (Lipinski definition) is 1. The highest BCUT2D eigenvalue weighted by Crippen LogP contribution is 2.27. The predicted molar refractivity (Wildman–Crippen MR) is 111 cm³/mol. The maximum Gasteiger partial charge on any atom is 0.257 e. The topological polar surface area (TPSA) is 87.9 Å². The van der Waals surface area contributed by atoms with Gasteiger partial charge in [0.05, 0.1) is 5.69 Å². The fraction of sp³-hybridized carbons (Fsp3) is 0.217. The number of amides is 1. The second kappa shape index (κ2) is 8.98. The van der Waals surface area contributed by atoms with Crippen molar-refractivity contribution in [3.05, 3.63) is 76.5 Å². The summed E-state index contributed by atoms with van der Waals surface area (Å²) in [6.45, 7) is 5.93. The van der Waals surface area contributed by atoms with Crippen molar-refractivity contribution in [3.8, 4) is 17.7 Å². The third-order valence-corrected chi connectivity index (χ3v) is 4.55. The van der Waals surface area contributed by atoms with E-state index >= 15 is 0 Å². The van der Waals surface area contributed by atoms with Crippen molar-refractivity contribution in [2.45, 2.75) is 33.6 Å². The lowest BCUT2D eigenvalue weighted by atomic mass is 10.0. The lowest BCUT2D eigenvalue weighted by Crippen LogP contribution is -2.12. The molecule has 2 aromatic carbocycles. The number of rotatable bonds is 6. The Balaban J connectivity index is 1.84. The van der Waals surface area contributed by atoms with E-state index in [9.17, 15) is 10.1 Å². The van der Waals surface area contributed by atoms with Crippen molar-refractivity contribution in [3.63, 3.8) is 0 Å². The highest BCUT2D eigenvalue weighted by Gasteiger charge is 2.16. The van der Waals surface area contributed by atoms with Crippen LogP contribution in [0.2, 0.25) is 0 Å². The fourth-order valence-electron chi connectivity index (χ4n) is 2.99. The van der Waals surface area contributed by atoms with Crippen LogP contribution < -0.4 is 10.1 Å². The standard InChI is InChI=1S/C23H22N4O2/c1-4-19-20(14-24)23(27-26-21(19)5-2)29-18-8-6-7-16(13-18)22(28)25-17-11-9-15(3)10-12-17/h6-13H,4-5H2,1-3H3,(H,25,28). The van der Waals surface area contributed by atoms with Gasteiger partial charge in [0, 0.05) is 11.3 Å². The van der Waals surface area contributed by atoms with Crippen molar-refractivity contribution in [1.82, 2.24) is 10.2 Å². The number of carbonyl (C=O) groups excluding carboxylic acids is 1. The molecule has 0 bridgehead atoms. The van der Waals surface area contributed by atoms with E-state index in [-0.39, 0.29) is 11.8 Å². The lowest BCUT2D eigenvalue weighted by Gasteiger charge is -2.12. The van der Waals surface area contributed by atoms with Gasteiger partial charge in [-0.2, -0.15) is 10.4 Å². The Labute approximate surface area is 170 Å². The molecule has 0 aliphatic rings. The van der Waals surface area contributed by atoms with Gasteiger partial charge in [-0.1, -0.05) is 37.6 Å². The molecule has 1 aromatic heterocycles. The van der Waals surface area contributed by atoms with Gasteiger partial charge in [0.2, 0.25) is 0 Å². The molecular weight excluding hydrogens is 364 g/mol. The molecule has 3 aromatic rings. The number of carbonyl (C=O) groups is 1. The molecule has 6 heteroatoms. The van der Waals surface area contributed by atoms with Gasteiger partial charge in [0.1, 0.15) is 17.4 Å². The maximum atomic E-state index is 12.6. The van der Waals surface area contributed by atoms with E-state index in [1.54, 1.807) is 24.3 Å². The van der Waals surface area contributed by atoms with Gasteiger partial charge < -0.3 is 10.1 Å². The first-order chi connectivity index (χ1) is 14.0. The van der Waals surface area contributed by atoms with Crippen LogP contribution in [-0.2, 0) is 12.8 Å². The van der Waals surface area contributed by atoms with Crippen LogP contribution in [-0.4, -0.2) is 16.1 Å². The smallest absolute Gasteiger partial charge is 0.257 e. The summed E-state index contributed by atoms with van der Waals surface area (Å²) in [4.78, 5) is 12.6. The van der Waals surface area contributed by atoms with Crippen molar-refractivity contribution in [2.75, 3.05) is 5.32 Å². The van der Waals surface area contributed by atoms with Crippen LogP contribution in [0.5, 0.6) is 11.6 Å². The highest BCUT2D eigenvalue weighted by molar-refractivity contribution is 6.04. The summed E-state index contributed by atoms with van der Waals surface area (Å²) in [7, 11) is 0. The number of nitrogens with zero attached hydrogens (tertiary/aromatic N) is 3. The Morgan fingerprint density at radius 1 is 1.10 bits per heavy atom. The van der Waals surface area contributed by atoms with E-state index in [1.807, 2.05) is 45.0 Å². The molecule has 29 heavy (non-hydrogen) atoms. The third kappa shape index (κ3) is 4.58. The first-order valence-electron chi connectivity index (χ1n) is 9.50. The Hall–Kier alpha value is -3.72. The predicted octanol–water partition coefficient (Wildman–Crippen LogP) is 4.83. The van der Waals surface area contributed by atoms with Gasteiger partial charge in [-0.3, -0.25) is 4.79 Å². The molecule has 1 heterocycles. The molecule has 0 saturated heterocycles. The minimum absolute atomic E-state index is 0.151. The lowest BCUT2D eigenvalue weighted by molar-refractivity contribution is 0.102. The average molecular weight is 386 g/mol. The molecule has 0 aliphatic heterocycles. The zero-order valence-corrected chi connectivity index (χ0v) is 16.7. The van der Waals surface area contributed by atoms with Crippen LogP contribution in [0.15, 0.2) is 48.5 Å². The van der Waals surface area contributed by atoms with Crippen LogP contribution in [0.25, 0.3) is 0 Å². The van der Waals surface area contributed by atoms with Crippen molar-refractivity contribution in [2.24, 2.45) is 0 Å². The molecule has 1 N–H and O–H groups in total. The molecule has 0 radical (unpaired) electrons. The molecular formula is C23H22N4O2. The number of ether oxygens (including phenoxy) is 1. The molecule has 0 spiro atoms. The average Bonchev–Trinajstić information content (AvgIpc) is 2.75. The number of benzene rings is 2. The second-order valence-corrected chi connectivity index (χ2v) is 6.57. The van der Waals surface area contributed by atoms with Gasteiger partial charge >= 0.3 is 0 Å². The van der Waals surface area contributed by atoms with Crippen LogP contribution in [0.4, 0.5) is 5.69 Å². The molecule has 0 atom stereocenters. The quantitative estimate of drug-likeness (QED) is 0.656. The second-order valence-electron chi connectivity index (χ2n) is 6.57. The maximum absolute atomic E-state index is 12.6. The van der Waals surface area contributed by atoms with Crippen molar-refractivity contribution in [1.29, 1.82) is 5.26 Å². The minimum atomic E-state index is -0.249. The number of hydrogen-bond acceptors (Lipinski definition) is 5. The third-order valence-electron chi connectivity index (χ3n) is 4.55. The fourth-order valence-corrected chi connectivity index (χ4v) is 2.99. The largest absolute Gasteiger partial charge is 0.437 e. The van der Waals surface area contributed by atoms with Gasteiger partial charge in [-0.25, -0.2) is 0 Å². The Bertz CT molecular complexity index is 1070. The number of nitriles is 1. The van der Waals surface area contributed by atoms with E-state index < -0.39 is 0 Å². The number of nitrogens with one attached hydrogen (secondary N) is 1. The summed E-state index contributed by atoms with van der Waals surface area (Å²) in [6, 6.07) is 16.5. The van der Waals surface area contributed by atoms with E-state index in [0.717, 1.165) is 16.8 Å². The summed E-state index contributed by atoms with van der Waals surface area (Å²) in [6.07, 6.45) is 1.36. The molecule has 0 saturated carbocycles. The molecule has 3 rings (SSSR count). The molecule has 1 amide bonds. The first kappa shape index (κ1) is 20.0. The summed E-state index contributed by atoms with van der Waals surface area (Å²) in [5.74, 6) is 0.317. The van der Waals surface area contributed by atoms with Crippen LogP contribution in [0.1, 0.15) is 46.6 Å². The van der Waals surface area contributed by atoms with Crippen LogP contribution in [0.3, 0.4) is 0 Å². The van der Waals surface area contributed by atoms with Gasteiger partial charge in [0.25, 0.3) is 11.8 Å². The molecule has 146 valence electrons. The van der Waals surface area contributed by atoms with E-state index in [1.165, 1.54) is 0 Å². The summed E-state index contributed by atoms with van der Waals surface area (Å²) < 4.78 is 5.82. The minimum Gasteiger partial charge on any atom is -0.437 e. The number of anilines is 1. The van der Waals surface area contributed by atoms with Gasteiger partial charge in [0.15, 0.2) is 0 Å². The zero-order valence-electron chi connectivity index (χ0n) is 16.7. The zero-order chi connectivity index (χ0) is 20.8. The summed E-state index contributed by atoms with van der Waals surface area (Å²) in [5.41, 5.74) is 4.29. The van der Waals surface area contributed by atoms with E-state index in [0.29, 0.717) is 35.4 Å². The van der Waals surface area contributed by atoms with Crippen LogP contribution in [0, 0.1) is 18.3 Å². The van der Waals surface area contributed by atoms with Crippen molar-refractivity contribution < 1.29 is 9.53 Å². The van der Waals surface area contributed by atoms with Crippen molar-refractivity contribution >= 4 is 11.6 Å². The van der Waals surface area contributed by atoms with Gasteiger partial charge in [-0.05, 0) is 55.7 Å². The van der Waals surface area contributed by atoms with E-state index in [4.69, 9.17) is 4.74 Å². The Kier molecular flexibility index (Phi) is 6.20. The van der Waals surface area contributed by atoms with Crippen LogP contribution >= 0.6 is 0 Å². The SMILES string of the molecule is CCc1nnc(Oc2cccc(C(=O)Nc3ccc(C)cc3)c2)c(C#N)c1CC. The van der Waals surface area contributed by atoms with E-state index in [2.05, 4.69) is 21.6 Å². The Morgan fingerprint density at radius 3 is 2.52 bits per heavy atom. The Morgan fingerprint density at radius 2 is 1.86 bits per heavy atom. The normalized spacial score (nSPS) is 10.3.